The smallest absolute Gasteiger partial charge is 0.494 e. The van der Waals surface area contributed by atoms with Gasteiger partial charge >= 0.3 is 18.8 Å². The van der Waals surface area contributed by atoms with Gasteiger partial charge in [0.15, 0.2) is 0 Å². The van der Waals surface area contributed by atoms with Crippen molar-refractivity contribution < 1.29 is 31.2 Å². The molecule has 8 heteroatoms. The fraction of sp³-hybridized carbons (Fsp3) is 0.190. The average molecular weight is 408 g/mol. The van der Waals surface area contributed by atoms with Crippen molar-refractivity contribution in [1.82, 2.24) is 0 Å². The number of hydrogen-bond acceptors (Lipinski definition) is 2. The summed E-state index contributed by atoms with van der Waals surface area (Å²) in [5.74, 6) is 3.38. The minimum Gasteiger partial charge on any atom is -0.494 e. The van der Waals surface area contributed by atoms with E-state index in [0.717, 1.165) is 34.1 Å². The zero-order valence-electron chi connectivity index (χ0n) is 16.1. The Hall–Kier alpha value is -3.03. The topological polar surface area (TPSA) is 29.8 Å². The maximum Gasteiger partial charge on any atom is 0.673 e. The lowest BCUT2D eigenvalue weighted by Gasteiger charge is -2.02. The Labute approximate surface area is 167 Å². The highest BCUT2D eigenvalue weighted by Crippen LogP contribution is 2.28. The Kier molecular flexibility index (Phi) is 8.06. The van der Waals surface area contributed by atoms with Gasteiger partial charge in [-0.1, -0.05) is 0 Å². The Morgan fingerprint density at radius 2 is 1.00 bits per heavy atom. The highest BCUT2D eigenvalue weighted by atomic mass is 19.5. The monoisotopic (exact) mass is 408 g/mol. The van der Waals surface area contributed by atoms with E-state index >= 15 is 0 Å². The van der Waals surface area contributed by atoms with E-state index in [2.05, 4.69) is 0 Å². The number of rotatable bonds is 6. The molecular weight excluding hydrogens is 387 g/mol. The lowest BCUT2D eigenvalue weighted by atomic mass is 10.1. The van der Waals surface area contributed by atoms with Crippen LogP contribution in [0.2, 0.25) is 0 Å². The molecule has 0 unspecified atom stereocenters. The molecule has 0 N–H and O–H groups in total. The summed E-state index contributed by atoms with van der Waals surface area (Å²) in [6.45, 7) is 5.28. The van der Waals surface area contributed by atoms with Crippen molar-refractivity contribution in [2.45, 2.75) is 13.8 Å². The number of halogens is 4. The van der Waals surface area contributed by atoms with Crippen LogP contribution in [0.1, 0.15) is 13.8 Å². The van der Waals surface area contributed by atoms with E-state index in [9.17, 15) is 17.3 Å². The SMILES string of the molecule is CCOc1ccc(-c2cccc(-c3ccc(OCC)cc3)[o+]2)cc1.F[B-](F)(F)F. The van der Waals surface area contributed by atoms with Crippen molar-refractivity contribution in [3.8, 4) is 34.1 Å². The fourth-order valence-electron chi connectivity index (χ4n) is 2.48. The Morgan fingerprint density at radius 3 is 1.31 bits per heavy atom. The number of ether oxygens (including phenoxy) is 2. The average Bonchev–Trinajstić information content (AvgIpc) is 2.69. The van der Waals surface area contributed by atoms with Gasteiger partial charge in [-0.15, -0.1) is 0 Å². The Morgan fingerprint density at radius 1 is 0.655 bits per heavy atom. The molecule has 0 fully saturated rings. The summed E-state index contributed by atoms with van der Waals surface area (Å²) in [4.78, 5) is 0. The molecule has 3 aromatic rings. The second-order valence-corrected chi connectivity index (χ2v) is 5.77. The van der Waals surface area contributed by atoms with E-state index in [1.54, 1.807) is 0 Å². The van der Waals surface area contributed by atoms with Crippen LogP contribution in [-0.2, 0) is 0 Å². The van der Waals surface area contributed by atoms with E-state index in [0.29, 0.717) is 13.2 Å². The van der Waals surface area contributed by atoms with Gasteiger partial charge in [0, 0.05) is 12.1 Å². The third-order valence-corrected chi connectivity index (χ3v) is 3.61. The molecule has 0 aliphatic heterocycles. The van der Waals surface area contributed by atoms with Crippen LogP contribution in [0.4, 0.5) is 17.3 Å². The predicted molar refractivity (Wildman–Crippen MR) is 107 cm³/mol. The van der Waals surface area contributed by atoms with Gasteiger partial charge in [0.05, 0.1) is 24.3 Å². The largest absolute Gasteiger partial charge is 0.673 e. The minimum absolute atomic E-state index is 0.664. The summed E-state index contributed by atoms with van der Waals surface area (Å²) in [5.41, 5.74) is 2.04. The molecule has 3 rings (SSSR count). The Bertz CT molecular complexity index is 811. The summed E-state index contributed by atoms with van der Waals surface area (Å²) in [7, 11) is -6.00. The molecule has 0 aliphatic rings. The molecule has 0 saturated carbocycles. The maximum absolute atomic E-state index is 9.75. The van der Waals surface area contributed by atoms with Crippen LogP contribution in [0, 0.1) is 0 Å². The molecule has 0 spiro atoms. The molecule has 0 amide bonds. The van der Waals surface area contributed by atoms with E-state index < -0.39 is 7.25 Å². The summed E-state index contributed by atoms with van der Waals surface area (Å²) in [5, 5.41) is 0. The van der Waals surface area contributed by atoms with Gasteiger partial charge in [-0.3, -0.25) is 0 Å². The maximum atomic E-state index is 9.75. The van der Waals surface area contributed by atoms with E-state index in [1.165, 1.54) is 0 Å². The molecule has 1 aromatic heterocycles. The summed E-state index contributed by atoms with van der Waals surface area (Å²) in [6, 6.07) is 21.8. The molecule has 0 saturated heterocycles. The number of hydrogen-bond donors (Lipinski definition) is 0. The zero-order valence-corrected chi connectivity index (χ0v) is 16.1. The quantitative estimate of drug-likeness (QED) is 0.250. The van der Waals surface area contributed by atoms with Gasteiger partial charge in [-0.2, -0.15) is 0 Å². The van der Waals surface area contributed by atoms with Crippen molar-refractivity contribution in [1.29, 1.82) is 0 Å². The molecule has 0 atom stereocenters. The van der Waals surface area contributed by atoms with Crippen LogP contribution in [0.5, 0.6) is 11.5 Å². The van der Waals surface area contributed by atoms with Gasteiger partial charge in [0.1, 0.15) is 11.5 Å². The van der Waals surface area contributed by atoms with Crippen LogP contribution in [-0.4, -0.2) is 20.5 Å². The first-order valence-corrected chi connectivity index (χ1v) is 9.07. The fourth-order valence-corrected chi connectivity index (χ4v) is 2.48. The Balaban J connectivity index is 0.000000537. The lowest BCUT2D eigenvalue weighted by Crippen LogP contribution is -2.02. The van der Waals surface area contributed by atoms with Gasteiger partial charge < -0.3 is 26.7 Å². The van der Waals surface area contributed by atoms with Crippen LogP contribution in [0.15, 0.2) is 71.1 Å². The lowest BCUT2D eigenvalue weighted by molar-refractivity contribution is 0.340. The van der Waals surface area contributed by atoms with Crippen LogP contribution < -0.4 is 9.47 Å². The highest BCUT2D eigenvalue weighted by molar-refractivity contribution is 6.50. The molecule has 0 aliphatic carbocycles. The van der Waals surface area contributed by atoms with Crippen molar-refractivity contribution in [2.75, 3.05) is 13.2 Å². The van der Waals surface area contributed by atoms with E-state index in [4.69, 9.17) is 13.9 Å². The first kappa shape index (κ1) is 22.3. The van der Waals surface area contributed by atoms with Crippen LogP contribution in [0.25, 0.3) is 22.6 Å². The normalized spacial score (nSPS) is 10.7. The molecule has 1 heterocycles. The third-order valence-electron chi connectivity index (χ3n) is 3.61. The standard InChI is InChI=1S/C21H21O3.BF4/c1-3-22-18-12-8-16(9-13-18)20-6-5-7-21(24-20)17-10-14-19(15-11-17)23-4-2;2-1(3,4)5/h5-15H,3-4H2,1-2H3;/q+1;-1. The zero-order chi connectivity index (χ0) is 21.3. The first-order valence-electron chi connectivity index (χ1n) is 9.07. The third kappa shape index (κ3) is 7.85. The molecule has 154 valence electrons. The van der Waals surface area contributed by atoms with Crippen molar-refractivity contribution in [3.63, 3.8) is 0 Å². The van der Waals surface area contributed by atoms with E-state index in [-0.39, 0.29) is 0 Å². The van der Waals surface area contributed by atoms with Crippen molar-refractivity contribution >= 4 is 7.25 Å². The van der Waals surface area contributed by atoms with Gasteiger partial charge in [-0.25, -0.2) is 4.42 Å². The molecular formula is C21H21BF4O3. The molecule has 3 nitrogen and oxygen atoms in total. The molecule has 0 radical (unpaired) electrons. The van der Waals surface area contributed by atoms with E-state index in [1.807, 2.05) is 80.6 Å². The molecule has 0 bridgehead atoms. The van der Waals surface area contributed by atoms with Gasteiger partial charge in [0.25, 0.3) is 0 Å². The molecule has 2 aromatic carbocycles. The minimum atomic E-state index is -6.00. The van der Waals surface area contributed by atoms with Crippen LogP contribution >= 0.6 is 0 Å². The summed E-state index contributed by atoms with van der Waals surface area (Å²) >= 11 is 0. The van der Waals surface area contributed by atoms with Gasteiger partial charge in [0.2, 0.25) is 0 Å². The van der Waals surface area contributed by atoms with Crippen molar-refractivity contribution in [3.05, 3.63) is 66.7 Å². The number of benzene rings is 2. The first-order chi connectivity index (χ1) is 13.8. The predicted octanol–water partition coefficient (Wildman–Crippen LogP) is 6.99. The highest BCUT2D eigenvalue weighted by Gasteiger charge is 2.20. The molecule has 29 heavy (non-hydrogen) atoms. The van der Waals surface area contributed by atoms with Crippen LogP contribution in [0.3, 0.4) is 0 Å². The van der Waals surface area contributed by atoms with Crippen molar-refractivity contribution in [2.24, 2.45) is 0 Å². The summed E-state index contributed by atoms with van der Waals surface area (Å²) in [6.07, 6.45) is 0. The second-order valence-electron chi connectivity index (χ2n) is 5.77. The summed E-state index contributed by atoms with van der Waals surface area (Å²) < 4.78 is 56.0. The second kappa shape index (κ2) is 10.5. The van der Waals surface area contributed by atoms with Gasteiger partial charge in [-0.05, 0) is 68.4 Å².